The summed E-state index contributed by atoms with van der Waals surface area (Å²) in [7, 11) is -3.22. The SMILES string of the molecule is O=C(c1c(Cl)cccc1Cl)P(=O)(CCc1ccccc1)CCc1ccccc1. The second-order valence-electron chi connectivity index (χ2n) is 6.71. The Balaban J connectivity index is 1.88. The molecule has 28 heavy (non-hydrogen) atoms. The molecule has 0 fully saturated rings. The van der Waals surface area contributed by atoms with Crippen LogP contribution in [0.4, 0.5) is 0 Å². The first kappa shape index (κ1) is 20.9. The van der Waals surface area contributed by atoms with E-state index in [4.69, 9.17) is 23.2 Å². The zero-order valence-corrected chi connectivity index (χ0v) is 17.8. The first-order valence-corrected chi connectivity index (χ1v) is 12.0. The Kier molecular flexibility index (Phi) is 7.13. The topological polar surface area (TPSA) is 34.1 Å². The van der Waals surface area contributed by atoms with Crippen LogP contribution in [0.3, 0.4) is 0 Å². The van der Waals surface area contributed by atoms with Crippen molar-refractivity contribution >= 4 is 35.9 Å². The van der Waals surface area contributed by atoms with Crippen LogP contribution in [0.25, 0.3) is 0 Å². The normalized spacial score (nSPS) is 11.4. The summed E-state index contributed by atoms with van der Waals surface area (Å²) >= 11 is 12.5. The third-order valence-corrected chi connectivity index (χ3v) is 8.24. The van der Waals surface area contributed by atoms with Crippen LogP contribution >= 0.6 is 30.3 Å². The Morgan fingerprint density at radius 2 is 1.11 bits per heavy atom. The monoisotopic (exact) mass is 430 g/mol. The fourth-order valence-corrected chi connectivity index (χ4v) is 6.35. The van der Waals surface area contributed by atoms with Crippen LogP contribution in [-0.2, 0) is 17.4 Å². The molecule has 144 valence electrons. The summed E-state index contributed by atoms with van der Waals surface area (Å²) in [4.78, 5) is 13.3. The summed E-state index contributed by atoms with van der Waals surface area (Å²) in [5, 5.41) is 0.495. The molecule has 0 N–H and O–H groups in total. The van der Waals surface area contributed by atoms with Crippen LogP contribution < -0.4 is 0 Å². The zero-order valence-electron chi connectivity index (χ0n) is 15.4. The molecule has 5 heteroatoms. The Hall–Kier alpha value is -1.86. The number of carbonyl (C=O) groups excluding carboxylic acids is 1. The van der Waals surface area contributed by atoms with Gasteiger partial charge in [-0.05, 0) is 36.1 Å². The van der Waals surface area contributed by atoms with Crippen molar-refractivity contribution in [1.29, 1.82) is 0 Å². The van der Waals surface area contributed by atoms with Crippen molar-refractivity contribution in [1.82, 2.24) is 0 Å². The van der Waals surface area contributed by atoms with Gasteiger partial charge in [0.25, 0.3) is 0 Å². The fraction of sp³-hybridized carbons (Fsp3) is 0.174. The van der Waals surface area contributed by atoms with Crippen molar-refractivity contribution in [2.45, 2.75) is 12.8 Å². The third-order valence-electron chi connectivity index (χ3n) is 4.76. The molecule has 0 aliphatic carbocycles. The minimum absolute atomic E-state index is 0.176. The molecule has 0 bridgehead atoms. The summed E-state index contributed by atoms with van der Waals surface area (Å²) < 4.78 is 13.9. The van der Waals surface area contributed by atoms with Crippen LogP contribution in [-0.4, -0.2) is 17.8 Å². The summed E-state index contributed by atoms with van der Waals surface area (Å²) in [6.45, 7) is 0. The highest BCUT2D eigenvalue weighted by Crippen LogP contribution is 2.51. The zero-order chi connectivity index (χ0) is 20.0. The molecule has 0 saturated heterocycles. The van der Waals surface area contributed by atoms with Gasteiger partial charge < -0.3 is 4.57 Å². The van der Waals surface area contributed by atoms with Gasteiger partial charge in [0, 0.05) is 12.3 Å². The molecule has 0 aliphatic rings. The van der Waals surface area contributed by atoms with E-state index in [0.717, 1.165) is 11.1 Å². The van der Waals surface area contributed by atoms with Gasteiger partial charge in [0.2, 0.25) is 5.52 Å². The van der Waals surface area contributed by atoms with Crippen molar-refractivity contribution in [2.75, 3.05) is 12.3 Å². The Labute approximate surface area is 175 Å². The summed E-state index contributed by atoms with van der Waals surface area (Å²) in [6.07, 6.45) is 1.73. The largest absolute Gasteiger partial charge is 0.315 e. The van der Waals surface area contributed by atoms with E-state index in [-0.39, 0.29) is 15.6 Å². The van der Waals surface area contributed by atoms with Crippen LogP contribution in [0.2, 0.25) is 10.0 Å². The molecular weight excluding hydrogens is 410 g/mol. The maximum Gasteiger partial charge on any atom is 0.224 e. The minimum atomic E-state index is -3.22. The maximum atomic E-state index is 13.9. The van der Waals surface area contributed by atoms with E-state index in [9.17, 15) is 9.36 Å². The van der Waals surface area contributed by atoms with E-state index < -0.39 is 12.7 Å². The Morgan fingerprint density at radius 1 is 0.679 bits per heavy atom. The molecule has 0 unspecified atom stereocenters. The highest BCUT2D eigenvalue weighted by atomic mass is 35.5. The molecule has 3 rings (SSSR count). The van der Waals surface area contributed by atoms with E-state index >= 15 is 0 Å². The van der Waals surface area contributed by atoms with E-state index in [1.807, 2.05) is 60.7 Å². The molecule has 0 spiro atoms. The lowest BCUT2D eigenvalue weighted by molar-refractivity contribution is 0.107. The number of hydrogen-bond donors (Lipinski definition) is 0. The number of hydrogen-bond acceptors (Lipinski definition) is 2. The molecule has 0 atom stereocenters. The van der Waals surface area contributed by atoms with Gasteiger partial charge in [-0.25, -0.2) is 0 Å². The highest BCUT2D eigenvalue weighted by molar-refractivity contribution is 7.81. The molecule has 3 aromatic carbocycles. The number of halogens is 2. The van der Waals surface area contributed by atoms with E-state index in [0.29, 0.717) is 25.2 Å². The van der Waals surface area contributed by atoms with Crippen molar-refractivity contribution < 1.29 is 9.36 Å². The van der Waals surface area contributed by atoms with Gasteiger partial charge >= 0.3 is 0 Å². The molecule has 0 heterocycles. The van der Waals surface area contributed by atoms with Crippen molar-refractivity contribution in [3.63, 3.8) is 0 Å². The number of benzene rings is 3. The molecule has 0 aliphatic heterocycles. The molecule has 0 aromatic heterocycles. The summed E-state index contributed by atoms with van der Waals surface area (Å²) in [5.41, 5.74) is 1.87. The second-order valence-corrected chi connectivity index (χ2v) is 10.6. The molecule has 0 radical (unpaired) electrons. The van der Waals surface area contributed by atoms with E-state index in [2.05, 4.69) is 0 Å². The smallest absolute Gasteiger partial charge is 0.224 e. The Morgan fingerprint density at radius 3 is 1.54 bits per heavy atom. The third kappa shape index (κ3) is 5.14. The molecule has 0 amide bonds. The molecule has 3 aromatic rings. The number of carbonyl (C=O) groups is 1. The van der Waals surface area contributed by atoms with Gasteiger partial charge in [0.05, 0.1) is 15.6 Å². The lowest BCUT2D eigenvalue weighted by Gasteiger charge is -2.19. The Bertz CT molecular complexity index is 920. The maximum absolute atomic E-state index is 13.9. The minimum Gasteiger partial charge on any atom is -0.315 e. The average molecular weight is 431 g/mol. The molecule has 0 saturated carbocycles. The predicted octanol–water partition coefficient (Wildman–Crippen LogP) is 6.98. The highest BCUT2D eigenvalue weighted by Gasteiger charge is 2.34. The fourth-order valence-electron chi connectivity index (χ4n) is 3.13. The molecule has 2 nitrogen and oxygen atoms in total. The lowest BCUT2D eigenvalue weighted by Crippen LogP contribution is -2.12. The predicted molar refractivity (Wildman–Crippen MR) is 118 cm³/mol. The quantitative estimate of drug-likeness (QED) is 0.361. The van der Waals surface area contributed by atoms with E-state index in [1.54, 1.807) is 18.2 Å². The van der Waals surface area contributed by atoms with Crippen LogP contribution in [0.5, 0.6) is 0 Å². The van der Waals surface area contributed by atoms with Crippen molar-refractivity contribution in [2.24, 2.45) is 0 Å². The average Bonchev–Trinajstić information content (AvgIpc) is 2.72. The van der Waals surface area contributed by atoms with Crippen molar-refractivity contribution in [3.8, 4) is 0 Å². The van der Waals surface area contributed by atoms with E-state index in [1.165, 1.54) is 0 Å². The van der Waals surface area contributed by atoms with Gasteiger partial charge in [-0.2, -0.15) is 0 Å². The number of aryl methyl sites for hydroxylation is 2. The van der Waals surface area contributed by atoms with Gasteiger partial charge in [0.1, 0.15) is 0 Å². The first-order chi connectivity index (χ1) is 13.5. The van der Waals surface area contributed by atoms with Gasteiger partial charge in [0.15, 0.2) is 7.14 Å². The number of rotatable bonds is 8. The summed E-state index contributed by atoms with van der Waals surface area (Å²) in [5.74, 6) is 0. The van der Waals surface area contributed by atoms with Gasteiger partial charge in [-0.1, -0.05) is 89.9 Å². The second kappa shape index (κ2) is 9.56. The van der Waals surface area contributed by atoms with Crippen LogP contribution in [0, 0.1) is 0 Å². The van der Waals surface area contributed by atoms with Gasteiger partial charge in [-0.15, -0.1) is 0 Å². The summed E-state index contributed by atoms with van der Waals surface area (Å²) in [6, 6.07) is 24.5. The van der Waals surface area contributed by atoms with Crippen molar-refractivity contribution in [3.05, 3.63) is 106 Å². The lowest BCUT2D eigenvalue weighted by atomic mass is 10.2. The first-order valence-electron chi connectivity index (χ1n) is 9.14. The molecular formula is C23H21Cl2O2P. The standard InChI is InChI=1S/C23H21Cl2O2P/c24-20-12-7-13-21(25)22(20)23(26)28(27,16-14-18-8-3-1-4-9-18)17-15-19-10-5-2-6-11-19/h1-13H,14-17H2. The van der Waals surface area contributed by atoms with Crippen LogP contribution in [0.15, 0.2) is 78.9 Å². The van der Waals surface area contributed by atoms with Gasteiger partial charge in [-0.3, -0.25) is 4.79 Å². The van der Waals surface area contributed by atoms with Crippen LogP contribution in [0.1, 0.15) is 21.5 Å².